The van der Waals surface area contributed by atoms with Crippen LogP contribution in [0.15, 0.2) is 0 Å². The average Bonchev–Trinajstić information content (AvgIpc) is 2.47. The molecular weight excluding hydrogens is 431 g/mol. The summed E-state index contributed by atoms with van der Waals surface area (Å²) in [6.45, 7) is 26.1. The minimum absolute atomic E-state index is 0.0622. The molecule has 0 aromatic rings. The standard InChI is InChI=1S/C21H51NO3SSi3/c1-19(24-27(9,10)11)28(12,13)23-18-20(2,3)29(14,17-15-16-22)25-21(4,5)26(6,7)8/h6,19H,15-18,22H2,1-5,7-14H3/t19-,29?/m0/s1. The topological polar surface area (TPSA) is 53.7 Å². The molecule has 0 aliphatic carbocycles. The van der Waals surface area contributed by atoms with Gasteiger partial charge in [-0.1, -0.05) is 13.8 Å². The van der Waals surface area contributed by atoms with Gasteiger partial charge in [0, 0.05) is 11.6 Å². The van der Waals surface area contributed by atoms with E-state index in [0.29, 0.717) is 13.2 Å². The number of hydrogen-bond donors (Lipinski definition) is 1. The molecule has 0 bridgehead atoms. The molecule has 0 saturated carbocycles. The molecule has 8 heteroatoms. The van der Waals surface area contributed by atoms with Gasteiger partial charge in [-0.05, 0) is 91.6 Å². The van der Waals surface area contributed by atoms with Gasteiger partial charge >= 0.3 is 0 Å². The van der Waals surface area contributed by atoms with E-state index >= 15 is 0 Å². The van der Waals surface area contributed by atoms with Gasteiger partial charge < -0.3 is 19.0 Å². The molecule has 0 rings (SSSR count). The van der Waals surface area contributed by atoms with Crippen LogP contribution >= 0.6 is 9.44 Å². The minimum Gasteiger partial charge on any atom is -0.415 e. The van der Waals surface area contributed by atoms with Crippen molar-refractivity contribution in [2.45, 2.75) is 102 Å². The molecule has 4 nitrogen and oxygen atoms in total. The van der Waals surface area contributed by atoms with E-state index in [-0.39, 0.29) is 15.7 Å². The number of hydrogen-bond acceptors (Lipinski definition) is 4. The summed E-state index contributed by atoms with van der Waals surface area (Å²) in [7, 11) is -7.16. The van der Waals surface area contributed by atoms with E-state index in [1.54, 1.807) is 0 Å². The summed E-state index contributed by atoms with van der Waals surface area (Å²) in [4.78, 5) is -0.346. The molecule has 0 aliphatic rings. The molecule has 0 spiro atoms. The maximum atomic E-state index is 6.97. The third-order valence-corrected chi connectivity index (χ3v) is 18.6. The smallest absolute Gasteiger partial charge is 0.213 e. The SMILES string of the molecule is C#S(C)(C)C(C)(C)O[Si](C)(CCCN)C(C)(C)CO[Si](C)(C)[C@@H](C)O[Si](C)(C)C. The van der Waals surface area contributed by atoms with Gasteiger partial charge in [-0.15, -0.1) is 5.69 Å². The molecular formula is C21H51NO3SSi3. The predicted octanol–water partition coefficient (Wildman–Crippen LogP) is 6.10. The summed E-state index contributed by atoms with van der Waals surface area (Å²) >= 11 is 0. The molecule has 0 saturated heterocycles. The molecule has 0 aliphatic heterocycles. The van der Waals surface area contributed by atoms with Crippen molar-refractivity contribution in [3.05, 3.63) is 0 Å². The number of rotatable bonds is 12. The highest BCUT2D eigenvalue weighted by atomic mass is 32.2. The highest BCUT2D eigenvalue weighted by Gasteiger charge is 2.50. The number of nitrogens with two attached hydrogens (primary N) is 1. The molecule has 0 aromatic heterocycles. The van der Waals surface area contributed by atoms with Crippen molar-refractivity contribution in [2.24, 2.45) is 5.73 Å². The van der Waals surface area contributed by atoms with Crippen molar-refractivity contribution >= 4 is 34.4 Å². The van der Waals surface area contributed by atoms with Crippen molar-refractivity contribution in [1.82, 2.24) is 0 Å². The van der Waals surface area contributed by atoms with Crippen LogP contribution in [-0.2, 0) is 13.3 Å². The lowest BCUT2D eigenvalue weighted by atomic mass is 10.2. The van der Waals surface area contributed by atoms with Crippen LogP contribution in [0.3, 0.4) is 0 Å². The van der Waals surface area contributed by atoms with Crippen molar-refractivity contribution in [1.29, 1.82) is 0 Å². The Labute approximate surface area is 186 Å². The van der Waals surface area contributed by atoms with E-state index in [0.717, 1.165) is 12.5 Å². The van der Waals surface area contributed by atoms with E-state index in [9.17, 15) is 0 Å². The zero-order chi connectivity index (χ0) is 23.5. The van der Waals surface area contributed by atoms with Gasteiger partial charge in [0.05, 0.1) is 10.7 Å². The van der Waals surface area contributed by atoms with Gasteiger partial charge in [-0.3, -0.25) is 0 Å². The van der Waals surface area contributed by atoms with Crippen molar-refractivity contribution in [3.63, 3.8) is 0 Å². The second kappa shape index (κ2) is 10.0. The van der Waals surface area contributed by atoms with E-state index in [2.05, 4.69) is 86.4 Å². The van der Waals surface area contributed by atoms with Gasteiger partial charge in [0.15, 0.2) is 16.6 Å². The Kier molecular flexibility index (Phi) is 10.3. The maximum absolute atomic E-state index is 6.97. The summed E-state index contributed by atoms with van der Waals surface area (Å²) in [5.74, 6) is 0. The van der Waals surface area contributed by atoms with Gasteiger partial charge in [0.25, 0.3) is 0 Å². The Hall–Kier alpha value is 0.621. The molecule has 2 atom stereocenters. The molecule has 0 heterocycles. The largest absolute Gasteiger partial charge is 0.415 e. The van der Waals surface area contributed by atoms with Crippen LogP contribution in [0.5, 0.6) is 0 Å². The lowest BCUT2D eigenvalue weighted by molar-refractivity contribution is 0.153. The van der Waals surface area contributed by atoms with E-state index in [4.69, 9.17) is 24.7 Å². The highest BCUT2D eigenvalue weighted by molar-refractivity contribution is 8.23. The Bertz CT molecular complexity index is 627. The van der Waals surface area contributed by atoms with Crippen molar-refractivity contribution in [2.75, 3.05) is 25.7 Å². The fourth-order valence-corrected chi connectivity index (χ4v) is 12.1. The first-order chi connectivity index (χ1) is 12.6. The van der Waals surface area contributed by atoms with Crippen molar-refractivity contribution < 1.29 is 13.3 Å². The van der Waals surface area contributed by atoms with Crippen LogP contribution in [0.25, 0.3) is 0 Å². The second-order valence-electron chi connectivity index (χ2n) is 11.7. The van der Waals surface area contributed by atoms with Crippen LogP contribution in [0.1, 0.15) is 41.0 Å². The maximum Gasteiger partial charge on any atom is 0.213 e. The Morgan fingerprint density at radius 1 is 1.00 bits per heavy atom. The molecule has 0 aromatic carbocycles. The van der Waals surface area contributed by atoms with Crippen LogP contribution < -0.4 is 5.73 Å². The third kappa shape index (κ3) is 8.94. The van der Waals surface area contributed by atoms with Gasteiger partial charge in [0.1, 0.15) is 0 Å². The van der Waals surface area contributed by atoms with Gasteiger partial charge in [-0.25, -0.2) is 0 Å². The quantitative estimate of drug-likeness (QED) is 0.342. The summed E-state index contributed by atoms with van der Waals surface area (Å²) in [5.41, 5.74) is 12.6. The lowest BCUT2D eigenvalue weighted by Gasteiger charge is -2.50. The highest BCUT2D eigenvalue weighted by Crippen LogP contribution is 2.49. The van der Waals surface area contributed by atoms with E-state index in [1.165, 1.54) is 0 Å². The second-order valence-corrected chi connectivity index (χ2v) is 28.8. The normalized spacial score (nSPS) is 17.8. The average molecular weight is 482 g/mol. The monoisotopic (exact) mass is 481 g/mol. The van der Waals surface area contributed by atoms with Crippen LogP contribution in [-0.4, -0.2) is 61.3 Å². The van der Waals surface area contributed by atoms with Crippen molar-refractivity contribution in [3.8, 4) is 5.69 Å². The van der Waals surface area contributed by atoms with Gasteiger partial charge in [0.2, 0.25) is 8.32 Å². The molecule has 0 fully saturated rings. The summed E-state index contributed by atoms with van der Waals surface area (Å²) < 4.78 is 20.0. The Balaban J connectivity index is 5.60. The summed E-state index contributed by atoms with van der Waals surface area (Å²) in [6.07, 6.45) is 5.22. The van der Waals surface area contributed by atoms with Crippen LogP contribution in [0, 0.1) is 5.69 Å². The molecule has 0 radical (unpaired) electrons. The molecule has 2 N–H and O–H groups in total. The van der Waals surface area contributed by atoms with Crippen LogP contribution in [0.2, 0.25) is 50.4 Å². The zero-order valence-electron chi connectivity index (χ0n) is 21.7. The minimum atomic E-state index is -2.20. The molecule has 0 amide bonds. The third-order valence-electron chi connectivity index (χ3n) is 6.34. The zero-order valence-corrected chi connectivity index (χ0v) is 25.5. The summed E-state index contributed by atoms with van der Waals surface area (Å²) in [5, 5.41) is -0.0622. The fourth-order valence-electron chi connectivity index (χ4n) is 2.93. The first-order valence-corrected chi connectivity index (χ1v) is 22.4. The first-order valence-electron chi connectivity index (χ1n) is 10.8. The predicted molar refractivity (Wildman–Crippen MR) is 141 cm³/mol. The van der Waals surface area contributed by atoms with Crippen LogP contribution in [0.4, 0.5) is 0 Å². The molecule has 1 unspecified atom stereocenters. The molecule has 29 heavy (non-hydrogen) atoms. The van der Waals surface area contributed by atoms with Gasteiger partial charge in [-0.2, -0.15) is 9.44 Å². The van der Waals surface area contributed by atoms with E-state index in [1.807, 2.05) is 0 Å². The molecule has 176 valence electrons. The Morgan fingerprint density at radius 3 is 1.86 bits per heavy atom. The fraction of sp³-hybridized carbons (Fsp3) is 0.952. The Morgan fingerprint density at radius 2 is 1.48 bits per heavy atom. The summed E-state index contributed by atoms with van der Waals surface area (Å²) in [6, 6.07) is 1.02. The lowest BCUT2D eigenvalue weighted by Crippen LogP contribution is -2.55. The first kappa shape index (κ1) is 29.6. The van der Waals surface area contributed by atoms with E-state index < -0.39 is 34.4 Å².